The number of hydrogen-bond acceptors (Lipinski definition) is 3. The van der Waals surface area contributed by atoms with Gasteiger partial charge in [-0.1, -0.05) is 59.7 Å². The van der Waals surface area contributed by atoms with Crippen molar-refractivity contribution in [2.24, 2.45) is 5.41 Å². The summed E-state index contributed by atoms with van der Waals surface area (Å²) in [7, 11) is 0. The standard InChI is InChI=1S/C21H27N3O2/c1-20(2,3)13-14-11-15(21(4,5)6)19(25)18(12-14)23-22-16-9-7-8-10-17(16)24(23)26/h7-12,25H,13H2,1-6H3. The Morgan fingerprint density at radius 2 is 1.73 bits per heavy atom. The van der Waals surface area contributed by atoms with Crippen LogP contribution in [0.1, 0.15) is 52.7 Å². The third-order valence-electron chi connectivity index (χ3n) is 4.37. The first-order valence-electron chi connectivity index (χ1n) is 8.92. The molecule has 0 amide bonds. The van der Waals surface area contributed by atoms with Crippen LogP contribution in [-0.4, -0.2) is 15.0 Å². The largest absolute Gasteiger partial charge is 0.692 e. The molecule has 26 heavy (non-hydrogen) atoms. The smallest absolute Gasteiger partial charge is 0.250 e. The zero-order chi connectivity index (χ0) is 19.3. The maximum atomic E-state index is 12.7. The number of aromatic nitrogens is 3. The Kier molecular flexibility index (Phi) is 4.21. The van der Waals surface area contributed by atoms with Crippen molar-refractivity contribution < 1.29 is 9.95 Å². The van der Waals surface area contributed by atoms with E-state index in [0.29, 0.717) is 16.7 Å². The van der Waals surface area contributed by atoms with E-state index in [-0.39, 0.29) is 16.6 Å². The monoisotopic (exact) mass is 353 g/mol. The number of fused-ring (bicyclic) bond motifs is 1. The van der Waals surface area contributed by atoms with E-state index in [1.165, 1.54) is 4.80 Å². The maximum Gasteiger partial charge on any atom is 0.250 e. The Hall–Kier alpha value is -2.56. The molecule has 1 N–H and O–H groups in total. The SMILES string of the molecule is CC(C)(C)Cc1cc(-n2nc3ccccc3[n+]2[O-])c(O)c(C(C)(C)C)c1. The van der Waals surface area contributed by atoms with Crippen LogP contribution in [0.4, 0.5) is 0 Å². The molecule has 0 saturated carbocycles. The fraction of sp³-hybridized carbons (Fsp3) is 0.429. The third kappa shape index (κ3) is 3.39. The molecule has 0 radical (unpaired) electrons. The first-order valence-corrected chi connectivity index (χ1v) is 8.92. The first-order chi connectivity index (χ1) is 12.0. The normalized spacial score (nSPS) is 12.7. The van der Waals surface area contributed by atoms with Gasteiger partial charge < -0.3 is 10.3 Å². The lowest BCUT2D eigenvalue weighted by atomic mass is 9.82. The van der Waals surface area contributed by atoms with Gasteiger partial charge in [0.05, 0.1) is 5.10 Å². The minimum Gasteiger partial charge on any atom is -0.692 e. The molecule has 5 nitrogen and oxygen atoms in total. The Morgan fingerprint density at radius 3 is 2.31 bits per heavy atom. The van der Waals surface area contributed by atoms with Crippen molar-refractivity contribution in [3.05, 3.63) is 52.7 Å². The van der Waals surface area contributed by atoms with Crippen molar-refractivity contribution in [1.82, 2.24) is 9.90 Å². The third-order valence-corrected chi connectivity index (χ3v) is 4.37. The van der Waals surface area contributed by atoms with Crippen LogP contribution in [0.3, 0.4) is 0 Å². The summed E-state index contributed by atoms with van der Waals surface area (Å²) in [5.74, 6) is 0.104. The van der Waals surface area contributed by atoms with Crippen molar-refractivity contribution in [3.8, 4) is 11.4 Å². The summed E-state index contributed by atoms with van der Waals surface area (Å²) in [5, 5.41) is 28.1. The highest BCUT2D eigenvalue weighted by molar-refractivity contribution is 5.70. The minimum atomic E-state index is -0.257. The van der Waals surface area contributed by atoms with Gasteiger partial charge in [-0.25, -0.2) is 0 Å². The molecule has 1 aromatic heterocycles. The molecule has 2 aromatic carbocycles. The molecule has 0 bridgehead atoms. The van der Waals surface area contributed by atoms with E-state index in [1.54, 1.807) is 18.2 Å². The zero-order valence-corrected chi connectivity index (χ0v) is 16.4. The number of para-hydroxylation sites is 1. The average molecular weight is 353 g/mol. The maximum absolute atomic E-state index is 12.7. The second-order valence-electron chi connectivity index (χ2n) is 9.15. The van der Waals surface area contributed by atoms with Gasteiger partial charge >= 0.3 is 0 Å². The van der Waals surface area contributed by atoms with Gasteiger partial charge in [0.2, 0.25) is 11.0 Å². The fourth-order valence-corrected chi connectivity index (χ4v) is 3.22. The highest BCUT2D eigenvalue weighted by atomic mass is 16.5. The summed E-state index contributed by atoms with van der Waals surface area (Å²) in [5.41, 5.74) is 3.22. The number of aromatic hydroxyl groups is 1. The molecule has 138 valence electrons. The number of phenols is 1. The highest BCUT2D eigenvalue weighted by Crippen LogP contribution is 2.37. The molecule has 1 heterocycles. The van der Waals surface area contributed by atoms with E-state index in [9.17, 15) is 10.3 Å². The molecule has 0 atom stereocenters. The lowest BCUT2D eigenvalue weighted by Gasteiger charge is -2.25. The van der Waals surface area contributed by atoms with Gasteiger partial charge in [-0.2, -0.15) is 0 Å². The summed E-state index contributed by atoms with van der Waals surface area (Å²) in [4.78, 5) is 1.99. The van der Waals surface area contributed by atoms with E-state index < -0.39 is 0 Å². The Labute approximate surface area is 154 Å². The molecule has 0 unspecified atom stereocenters. The van der Waals surface area contributed by atoms with Crippen molar-refractivity contribution in [2.45, 2.75) is 53.4 Å². The average Bonchev–Trinajstić information content (AvgIpc) is 2.84. The van der Waals surface area contributed by atoms with Gasteiger partial charge in [-0.05, 0) is 45.8 Å². The molecular weight excluding hydrogens is 326 g/mol. The highest BCUT2D eigenvalue weighted by Gasteiger charge is 2.27. The minimum absolute atomic E-state index is 0.0890. The predicted octanol–water partition coefficient (Wildman–Crippen LogP) is 4.25. The lowest BCUT2D eigenvalue weighted by molar-refractivity contribution is -0.664. The lowest BCUT2D eigenvalue weighted by Crippen LogP contribution is -2.37. The summed E-state index contributed by atoms with van der Waals surface area (Å²) in [6, 6.07) is 11.1. The van der Waals surface area contributed by atoms with Crippen LogP contribution in [-0.2, 0) is 11.8 Å². The van der Waals surface area contributed by atoms with E-state index in [4.69, 9.17) is 0 Å². The van der Waals surface area contributed by atoms with E-state index in [1.807, 2.05) is 18.2 Å². The second-order valence-corrected chi connectivity index (χ2v) is 9.15. The molecule has 3 aromatic rings. The van der Waals surface area contributed by atoms with Crippen molar-refractivity contribution in [3.63, 3.8) is 0 Å². The van der Waals surface area contributed by atoms with Crippen LogP contribution in [0.15, 0.2) is 36.4 Å². The second kappa shape index (κ2) is 6.01. The van der Waals surface area contributed by atoms with E-state index in [0.717, 1.165) is 22.4 Å². The van der Waals surface area contributed by atoms with Gasteiger partial charge in [0.25, 0.3) is 0 Å². The van der Waals surface area contributed by atoms with Crippen LogP contribution < -0.4 is 4.85 Å². The number of hydrogen-bond donors (Lipinski definition) is 1. The number of benzene rings is 2. The predicted molar refractivity (Wildman–Crippen MR) is 104 cm³/mol. The summed E-state index contributed by atoms with van der Waals surface area (Å²) < 4.78 is 0. The number of phenolic OH excluding ortho intramolecular Hbond substituents is 1. The Morgan fingerprint density at radius 1 is 1.08 bits per heavy atom. The Balaban J connectivity index is 2.28. The van der Waals surface area contributed by atoms with Crippen molar-refractivity contribution in [2.75, 3.05) is 0 Å². The van der Waals surface area contributed by atoms with Crippen LogP contribution in [0, 0.1) is 10.6 Å². The van der Waals surface area contributed by atoms with Crippen molar-refractivity contribution >= 4 is 11.0 Å². The summed E-state index contributed by atoms with van der Waals surface area (Å²) >= 11 is 0. The number of rotatable bonds is 2. The molecule has 0 aliphatic heterocycles. The first kappa shape index (κ1) is 18.2. The van der Waals surface area contributed by atoms with E-state index in [2.05, 4.69) is 46.6 Å². The quantitative estimate of drug-likeness (QED) is 0.553. The molecule has 5 heteroatoms. The van der Waals surface area contributed by atoms with Crippen molar-refractivity contribution in [1.29, 1.82) is 0 Å². The van der Waals surface area contributed by atoms with Gasteiger partial charge in [-0.15, -0.1) is 4.85 Å². The molecule has 0 fully saturated rings. The van der Waals surface area contributed by atoms with Crippen LogP contribution >= 0.6 is 0 Å². The van der Waals surface area contributed by atoms with Crippen LogP contribution in [0.2, 0.25) is 0 Å². The molecule has 0 saturated heterocycles. The summed E-state index contributed by atoms with van der Waals surface area (Å²) in [6.45, 7) is 12.7. The van der Waals surface area contributed by atoms with E-state index >= 15 is 0 Å². The molecule has 0 spiro atoms. The molecule has 0 aliphatic carbocycles. The van der Waals surface area contributed by atoms with Gasteiger partial charge in [0.15, 0.2) is 11.4 Å². The topological polar surface area (TPSA) is 65.0 Å². The molecule has 3 rings (SSSR count). The summed E-state index contributed by atoms with van der Waals surface area (Å²) in [6.07, 6.45) is 0.836. The Bertz CT molecular complexity index is 960. The number of nitrogens with zero attached hydrogens (tertiary/aromatic N) is 3. The molecule has 0 aliphatic rings. The van der Waals surface area contributed by atoms with Crippen LogP contribution in [0.5, 0.6) is 5.75 Å². The van der Waals surface area contributed by atoms with Gasteiger partial charge in [0.1, 0.15) is 0 Å². The molecular formula is C21H27N3O2. The zero-order valence-electron chi connectivity index (χ0n) is 16.4. The van der Waals surface area contributed by atoms with Gasteiger partial charge in [-0.3, -0.25) is 0 Å². The van der Waals surface area contributed by atoms with Gasteiger partial charge in [0, 0.05) is 5.56 Å². The fourth-order valence-electron chi connectivity index (χ4n) is 3.22. The van der Waals surface area contributed by atoms with Crippen LogP contribution in [0.25, 0.3) is 16.7 Å².